The van der Waals surface area contributed by atoms with E-state index in [1.54, 1.807) is 0 Å². The Labute approximate surface area is 421 Å². The van der Waals surface area contributed by atoms with Crippen LogP contribution in [0.5, 0.6) is 0 Å². The van der Waals surface area contributed by atoms with Gasteiger partial charge < -0.3 is 0 Å². The van der Waals surface area contributed by atoms with Crippen molar-refractivity contribution in [2.24, 2.45) is 11.8 Å². The molecule has 2 aliphatic carbocycles. The summed E-state index contributed by atoms with van der Waals surface area (Å²) in [7, 11) is 18.4. The van der Waals surface area contributed by atoms with Crippen LogP contribution in [0.1, 0.15) is 182 Å². The van der Waals surface area contributed by atoms with Crippen LogP contribution in [-0.2, 0) is 16.4 Å². The van der Waals surface area contributed by atoms with Gasteiger partial charge in [0.2, 0.25) is 0 Å². The van der Waals surface area contributed by atoms with Gasteiger partial charge in [0, 0.05) is 0 Å². The number of hydrogen-bond donors (Lipinski definition) is 0. The van der Waals surface area contributed by atoms with Crippen molar-refractivity contribution >= 4 is 52.3 Å². The van der Waals surface area contributed by atoms with Crippen molar-refractivity contribution in [3.8, 4) is 33.4 Å². The van der Waals surface area contributed by atoms with Gasteiger partial charge in [-0.05, 0) is 0 Å². The molecule has 6 aromatic carbocycles. The maximum atomic E-state index is 9.67. The second-order valence-electron chi connectivity index (χ2n) is 22.5. The third-order valence-corrected chi connectivity index (χ3v) is 39.5. The van der Waals surface area contributed by atoms with E-state index in [1.165, 1.54) is 114 Å². The van der Waals surface area contributed by atoms with Crippen molar-refractivity contribution in [3.05, 3.63) is 170 Å². The molecule has 0 aromatic heterocycles. The van der Waals surface area contributed by atoms with Crippen LogP contribution in [0.25, 0.3) is 45.5 Å². The van der Waals surface area contributed by atoms with Crippen LogP contribution in [0.3, 0.4) is 0 Å². The molecule has 68 heavy (non-hydrogen) atoms. The van der Waals surface area contributed by atoms with Gasteiger partial charge in [0.25, 0.3) is 0 Å². The van der Waals surface area contributed by atoms with Crippen LogP contribution in [-0.4, -0.2) is 9.52 Å². The van der Waals surface area contributed by atoms with E-state index < -0.39 is 25.9 Å². The molecule has 0 fully saturated rings. The Morgan fingerprint density at radius 3 is 1.32 bits per heavy atom. The van der Waals surface area contributed by atoms with Crippen LogP contribution >= 0.6 is 17.0 Å². The van der Waals surface area contributed by atoms with Gasteiger partial charge in [-0.15, -0.1) is 0 Å². The van der Waals surface area contributed by atoms with E-state index in [4.69, 9.17) is 0 Å². The zero-order chi connectivity index (χ0) is 48.7. The third-order valence-electron chi connectivity index (χ3n) is 16.9. The Hall–Kier alpha value is -3.52. The maximum absolute atomic E-state index is 9.67. The monoisotopic (exact) mass is 1030 g/mol. The van der Waals surface area contributed by atoms with Crippen molar-refractivity contribution in [2.75, 3.05) is 0 Å². The second kappa shape index (κ2) is 18.6. The standard InChI is InChI=1S/2C26H33.C12H9Si.2ClH.Zr/c2*1-8-18(6)23-11-20-10-9-19(7)26(25(20)15-23)24-13-21(16(2)3)12-22(14-24)17(4)5;1-3-7-11-9(5-1)10-6-2-4-8-12(10)13-11;;;/h2*9-18H,8H2,1-7H3;1-7H,13H2;2*1H;/q;;;;;+2/p-2. The summed E-state index contributed by atoms with van der Waals surface area (Å²) in [6.07, 6.45) is 7.24. The number of halogens is 2. The summed E-state index contributed by atoms with van der Waals surface area (Å²) in [5, 5.41) is 2.98. The number of fused-ring (bicyclic) bond motifs is 5. The minimum absolute atomic E-state index is 0.129. The molecule has 0 spiro atoms. The van der Waals surface area contributed by atoms with Crippen molar-refractivity contribution < 1.29 is 16.4 Å². The topological polar surface area (TPSA) is 0 Å². The van der Waals surface area contributed by atoms with Gasteiger partial charge in [-0.25, -0.2) is 0 Å². The Balaban J connectivity index is 1.41. The summed E-state index contributed by atoms with van der Waals surface area (Å²) < 4.78 is 1.05. The molecule has 0 nitrogen and oxygen atoms in total. The summed E-state index contributed by atoms with van der Waals surface area (Å²) in [6, 6.07) is 40.8. The van der Waals surface area contributed by atoms with E-state index in [0.29, 0.717) is 23.7 Å². The van der Waals surface area contributed by atoms with E-state index in [0.717, 1.165) is 12.8 Å². The number of benzene rings is 6. The molecule has 0 amide bonds. The molecule has 4 atom stereocenters. The third kappa shape index (κ3) is 8.03. The van der Waals surface area contributed by atoms with Gasteiger partial charge in [0.05, 0.1) is 0 Å². The van der Waals surface area contributed by atoms with E-state index in [1.807, 2.05) is 0 Å². The molecule has 9 rings (SSSR count). The van der Waals surface area contributed by atoms with E-state index in [2.05, 4.69) is 212 Å². The van der Waals surface area contributed by atoms with Crippen LogP contribution in [0.15, 0.2) is 114 Å². The molecule has 4 heteroatoms. The van der Waals surface area contributed by atoms with Gasteiger partial charge in [0.1, 0.15) is 0 Å². The van der Waals surface area contributed by atoms with E-state index in [9.17, 15) is 17.0 Å². The zero-order valence-electron chi connectivity index (χ0n) is 43.5. The Bertz CT molecular complexity index is 2830. The second-order valence-corrected chi connectivity index (χ2v) is 44.9. The molecule has 353 valence electrons. The van der Waals surface area contributed by atoms with Crippen LogP contribution in [0.4, 0.5) is 0 Å². The van der Waals surface area contributed by atoms with E-state index in [-0.39, 0.29) is 19.1 Å². The predicted octanol–water partition coefficient (Wildman–Crippen LogP) is 17.2. The Morgan fingerprint density at radius 2 is 0.912 bits per heavy atom. The Morgan fingerprint density at radius 1 is 0.500 bits per heavy atom. The van der Waals surface area contributed by atoms with Gasteiger partial charge in [0.15, 0.2) is 0 Å². The van der Waals surface area contributed by atoms with Crippen molar-refractivity contribution in [1.82, 2.24) is 0 Å². The first-order valence-corrected chi connectivity index (χ1v) is 37.9. The van der Waals surface area contributed by atoms with Gasteiger partial charge >= 0.3 is 425 Å². The quantitative estimate of drug-likeness (QED) is 0.101. The molecule has 3 aliphatic rings. The summed E-state index contributed by atoms with van der Waals surface area (Å²) in [5.74, 6) is 2.23. The van der Waals surface area contributed by atoms with Crippen molar-refractivity contribution in [3.63, 3.8) is 0 Å². The zero-order valence-corrected chi connectivity index (χ0v) is 48.8. The minimum atomic E-state index is -5.83. The first-order chi connectivity index (χ1) is 32.3. The molecule has 1 heterocycles. The first kappa shape index (κ1) is 49.5. The predicted molar refractivity (Wildman–Crippen MR) is 301 cm³/mol. The molecule has 0 saturated heterocycles. The van der Waals surface area contributed by atoms with Gasteiger partial charge in [-0.1, -0.05) is 0 Å². The molecule has 1 aliphatic heterocycles. The molecule has 4 unspecified atom stereocenters. The van der Waals surface area contributed by atoms with Crippen LogP contribution < -0.4 is 13.6 Å². The number of rotatable bonds is 13. The summed E-state index contributed by atoms with van der Waals surface area (Å²) in [4.78, 5) is 0. The average Bonchev–Trinajstić information content (AvgIpc) is 4.03. The molecule has 0 N–H and O–H groups in total. The number of hydrogen-bond acceptors (Lipinski definition) is 0. The molecular formula is C64H75Cl2SiZr. The molecular weight excluding hydrogens is 959 g/mol. The Kier molecular flexibility index (Phi) is 13.5. The summed E-state index contributed by atoms with van der Waals surface area (Å²) >= 11 is -5.83. The van der Waals surface area contributed by atoms with Gasteiger partial charge in [-0.2, -0.15) is 0 Å². The van der Waals surface area contributed by atoms with Crippen LogP contribution in [0, 0.1) is 25.7 Å². The average molecular weight is 1030 g/mol. The van der Waals surface area contributed by atoms with E-state index >= 15 is 0 Å². The fraction of sp³-hybridized carbons (Fsp3) is 0.375. The number of allylic oxidation sites excluding steroid dienone is 2. The number of aryl methyl sites for hydroxylation is 2. The van der Waals surface area contributed by atoms with Crippen LogP contribution in [0.2, 0.25) is 0 Å². The van der Waals surface area contributed by atoms with Crippen molar-refractivity contribution in [1.29, 1.82) is 0 Å². The summed E-state index contributed by atoms with van der Waals surface area (Å²) in [5.41, 5.74) is 24.4. The summed E-state index contributed by atoms with van der Waals surface area (Å²) in [6.45, 7) is 32.9. The fourth-order valence-corrected chi connectivity index (χ4v) is 40.5. The van der Waals surface area contributed by atoms with Crippen molar-refractivity contribution in [2.45, 2.75) is 141 Å². The van der Waals surface area contributed by atoms with Gasteiger partial charge in [-0.3, -0.25) is 0 Å². The SMILES string of the molecule is CCC(C)C1=Cc2c(ccc(C)c2-c2cc(C(C)C)cc(C(C)C)c2)[CH]1[Zr]([Cl])([Cl])([c]1cccc2c1[SiH2]c1ccccc1-2)[CH]1C(C(C)CC)=Cc2c1ccc(C)c2-c1cc(C(C)C)cc(C(C)C)c1. The normalized spacial score (nSPS) is 18.1. The molecule has 6 aromatic rings. The fourth-order valence-electron chi connectivity index (χ4n) is 12.5. The molecule has 0 saturated carbocycles. The molecule has 0 radical (unpaired) electrons. The molecule has 0 bridgehead atoms. The first-order valence-electron chi connectivity index (χ1n) is 26.1.